The van der Waals surface area contributed by atoms with Crippen molar-refractivity contribution in [1.29, 1.82) is 0 Å². The van der Waals surface area contributed by atoms with Gasteiger partial charge in [0.05, 0.1) is 14.2 Å². The normalized spacial score (nSPS) is 9.38. The molecule has 1 aromatic rings. The number of methoxy groups -OCH3 is 2. The molecule has 3 nitrogen and oxygen atoms in total. The highest BCUT2D eigenvalue weighted by Crippen LogP contribution is 2.32. The molecule has 0 aliphatic rings. The van der Waals surface area contributed by atoms with Crippen LogP contribution in [0.2, 0.25) is 0 Å². The Bertz CT molecular complexity index is 321. The van der Waals surface area contributed by atoms with Gasteiger partial charge in [0.25, 0.3) is 0 Å². The molecular weight excluding hydrogens is 166 g/mol. The number of ether oxygens (including phenoxy) is 2. The van der Waals surface area contributed by atoms with E-state index in [-0.39, 0.29) is 0 Å². The van der Waals surface area contributed by atoms with Gasteiger partial charge in [0.15, 0.2) is 11.5 Å². The van der Waals surface area contributed by atoms with E-state index in [1.807, 2.05) is 0 Å². The number of hydrogen-bond donors (Lipinski definition) is 1. The van der Waals surface area contributed by atoms with Crippen LogP contribution in [0.5, 0.6) is 11.5 Å². The highest BCUT2D eigenvalue weighted by molar-refractivity contribution is 5.68. The third-order valence-electron chi connectivity index (χ3n) is 1.81. The van der Waals surface area contributed by atoms with Crippen LogP contribution in [0, 0.1) is 0 Å². The molecule has 1 rings (SSSR count). The van der Waals surface area contributed by atoms with E-state index in [0.29, 0.717) is 17.2 Å². The number of benzene rings is 1. The maximum atomic E-state index is 5.72. The highest BCUT2D eigenvalue weighted by Gasteiger charge is 2.06. The Balaban J connectivity index is 3.26. The molecule has 0 aromatic heterocycles. The summed E-state index contributed by atoms with van der Waals surface area (Å²) in [6.07, 6.45) is 1.68. The quantitative estimate of drug-likeness (QED) is 0.721. The van der Waals surface area contributed by atoms with Gasteiger partial charge in [-0.05, 0) is 6.07 Å². The second-order valence-corrected chi connectivity index (χ2v) is 2.54. The Kier molecular flexibility index (Phi) is 2.80. The van der Waals surface area contributed by atoms with Crippen molar-refractivity contribution in [3.8, 4) is 11.5 Å². The Morgan fingerprint density at radius 2 is 1.77 bits per heavy atom. The van der Waals surface area contributed by atoms with Gasteiger partial charge in [-0.2, -0.15) is 0 Å². The van der Waals surface area contributed by atoms with Crippen molar-refractivity contribution in [2.45, 2.75) is 0 Å². The lowest BCUT2D eigenvalue weighted by molar-refractivity contribution is 0.355. The predicted octanol–water partition coefficient (Wildman–Crippen LogP) is 1.93. The summed E-state index contributed by atoms with van der Waals surface area (Å²) in [5.41, 5.74) is 7.20. The molecule has 0 aliphatic carbocycles. The van der Waals surface area contributed by atoms with E-state index in [2.05, 4.69) is 6.58 Å². The molecule has 1 aromatic carbocycles. The van der Waals surface area contributed by atoms with Crippen molar-refractivity contribution in [2.24, 2.45) is 0 Å². The fourth-order valence-electron chi connectivity index (χ4n) is 1.09. The van der Waals surface area contributed by atoms with Crippen molar-refractivity contribution >= 4 is 11.8 Å². The van der Waals surface area contributed by atoms with Crippen molar-refractivity contribution in [1.82, 2.24) is 0 Å². The first kappa shape index (κ1) is 9.45. The minimum atomic E-state index is 0.630. The molecule has 0 atom stereocenters. The molecule has 0 saturated carbocycles. The van der Waals surface area contributed by atoms with Gasteiger partial charge in [0.2, 0.25) is 0 Å². The predicted molar refractivity (Wildman–Crippen MR) is 54.0 cm³/mol. The van der Waals surface area contributed by atoms with Crippen molar-refractivity contribution in [2.75, 3.05) is 20.0 Å². The standard InChI is InChI=1S/C10H13NO2/c1-4-7-5-9(12-2)10(13-3)6-8(7)11/h4-6H,1,11H2,2-3H3. The summed E-state index contributed by atoms with van der Waals surface area (Å²) in [7, 11) is 3.16. The zero-order valence-corrected chi connectivity index (χ0v) is 7.83. The number of hydrogen-bond acceptors (Lipinski definition) is 3. The molecular formula is C10H13NO2. The van der Waals surface area contributed by atoms with E-state index in [1.165, 1.54) is 0 Å². The lowest BCUT2D eigenvalue weighted by Crippen LogP contribution is -1.95. The van der Waals surface area contributed by atoms with Crippen LogP contribution in [-0.2, 0) is 0 Å². The lowest BCUT2D eigenvalue weighted by atomic mass is 10.1. The van der Waals surface area contributed by atoms with Gasteiger partial charge in [-0.25, -0.2) is 0 Å². The van der Waals surface area contributed by atoms with Crippen molar-refractivity contribution in [3.05, 3.63) is 24.3 Å². The molecule has 0 radical (unpaired) electrons. The molecule has 3 heteroatoms. The second kappa shape index (κ2) is 3.85. The molecule has 0 amide bonds. The average Bonchev–Trinajstić information content (AvgIpc) is 2.17. The minimum absolute atomic E-state index is 0.630. The topological polar surface area (TPSA) is 44.5 Å². The molecule has 70 valence electrons. The lowest BCUT2D eigenvalue weighted by Gasteiger charge is -2.09. The summed E-state index contributed by atoms with van der Waals surface area (Å²) in [4.78, 5) is 0. The van der Waals surface area contributed by atoms with Crippen LogP contribution in [0.3, 0.4) is 0 Å². The Morgan fingerprint density at radius 1 is 1.23 bits per heavy atom. The number of nitrogens with two attached hydrogens (primary N) is 1. The molecule has 0 saturated heterocycles. The SMILES string of the molecule is C=Cc1cc(OC)c(OC)cc1N. The maximum Gasteiger partial charge on any atom is 0.162 e. The molecule has 13 heavy (non-hydrogen) atoms. The maximum absolute atomic E-state index is 5.72. The molecule has 0 aliphatic heterocycles. The summed E-state index contributed by atoms with van der Waals surface area (Å²) in [5.74, 6) is 1.29. The molecule has 0 spiro atoms. The second-order valence-electron chi connectivity index (χ2n) is 2.54. The number of rotatable bonds is 3. The van der Waals surface area contributed by atoms with Gasteiger partial charge in [0, 0.05) is 17.3 Å². The van der Waals surface area contributed by atoms with E-state index in [4.69, 9.17) is 15.2 Å². The van der Waals surface area contributed by atoms with Gasteiger partial charge in [-0.15, -0.1) is 0 Å². The van der Waals surface area contributed by atoms with Crippen LogP contribution >= 0.6 is 0 Å². The Morgan fingerprint density at radius 3 is 2.23 bits per heavy atom. The van der Waals surface area contributed by atoms with E-state index in [1.54, 1.807) is 32.4 Å². The number of nitrogen functional groups attached to an aromatic ring is 1. The Labute approximate surface area is 77.8 Å². The summed E-state index contributed by atoms with van der Waals surface area (Å²) in [6.45, 7) is 3.65. The number of anilines is 1. The highest BCUT2D eigenvalue weighted by atomic mass is 16.5. The summed E-state index contributed by atoms with van der Waals surface area (Å²) < 4.78 is 10.2. The van der Waals surface area contributed by atoms with E-state index < -0.39 is 0 Å². The van der Waals surface area contributed by atoms with Gasteiger partial charge < -0.3 is 15.2 Å². The van der Waals surface area contributed by atoms with E-state index in [9.17, 15) is 0 Å². The van der Waals surface area contributed by atoms with E-state index in [0.717, 1.165) is 5.56 Å². The van der Waals surface area contributed by atoms with Crippen LogP contribution in [0.4, 0.5) is 5.69 Å². The first-order valence-electron chi connectivity index (χ1n) is 3.87. The average molecular weight is 179 g/mol. The summed E-state index contributed by atoms with van der Waals surface area (Å²) >= 11 is 0. The first-order chi connectivity index (χ1) is 6.22. The first-order valence-corrected chi connectivity index (χ1v) is 3.87. The van der Waals surface area contributed by atoms with Crippen LogP contribution in [0.25, 0.3) is 6.08 Å². The van der Waals surface area contributed by atoms with Gasteiger partial charge in [0.1, 0.15) is 0 Å². The zero-order chi connectivity index (χ0) is 9.84. The smallest absolute Gasteiger partial charge is 0.162 e. The van der Waals surface area contributed by atoms with Crippen molar-refractivity contribution in [3.63, 3.8) is 0 Å². The Hall–Kier alpha value is -1.64. The summed E-state index contributed by atoms with van der Waals surface area (Å²) in [5, 5.41) is 0. The van der Waals surface area contributed by atoms with Crippen LogP contribution < -0.4 is 15.2 Å². The summed E-state index contributed by atoms with van der Waals surface area (Å²) in [6, 6.07) is 3.51. The van der Waals surface area contributed by atoms with Crippen LogP contribution in [0.1, 0.15) is 5.56 Å². The fraction of sp³-hybridized carbons (Fsp3) is 0.200. The molecule has 0 bridgehead atoms. The van der Waals surface area contributed by atoms with E-state index >= 15 is 0 Å². The third kappa shape index (κ3) is 1.75. The monoisotopic (exact) mass is 179 g/mol. The van der Waals surface area contributed by atoms with Crippen LogP contribution in [0.15, 0.2) is 18.7 Å². The molecule has 0 fully saturated rings. The molecule has 2 N–H and O–H groups in total. The zero-order valence-electron chi connectivity index (χ0n) is 7.83. The van der Waals surface area contributed by atoms with Crippen LogP contribution in [-0.4, -0.2) is 14.2 Å². The fourth-order valence-corrected chi connectivity index (χ4v) is 1.09. The van der Waals surface area contributed by atoms with Crippen molar-refractivity contribution < 1.29 is 9.47 Å². The van der Waals surface area contributed by atoms with Gasteiger partial charge in [-0.3, -0.25) is 0 Å². The molecule has 0 heterocycles. The largest absolute Gasteiger partial charge is 0.493 e. The molecule has 0 unspecified atom stereocenters. The third-order valence-corrected chi connectivity index (χ3v) is 1.81. The van der Waals surface area contributed by atoms with Gasteiger partial charge in [-0.1, -0.05) is 12.7 Å². The van der Waals surface area contributed by atoms with Gasteiger partial charge >= 0.3 is 0 Å². The minimum Gasteiger partial charge on any atom is -0.493 e.